The molecule has 0 aliphatic heterocycles. The van der Waals surface area contributed by atoms with Crippen LogP contribution in [0.4, 0.5) is 11.4 Å². The molecule has 0 bridgehead atoms. The van der Waals surface area contributed by atoms with E-state index < -0.39 is 0 Å². The molecule has 0 saturated heterocycles. The topological polar surface area (TPSA) is 84.4 Å². The van der Waals surface area contributed by atoms with Crippen LogP contribution in [-0.2, 0) is 0 Å². The Balaban J connectivity index is 2.36. The summed E-state index contributed by atoms with van der Waals surface area (Å²) >= 11 is 0. The predicted octanol–water partition coefficient (Wildman–Crippen LogP) is 0.923. The maximum Gasteiger partial charge on any atom is 0.253 e. The number of nitrogens with one attached hydrogen (secondary N) is 1. The van der Waals surface area contributed by atoms with Crippen molar-refractivity contribution in [2.45, 2.75) is 12.8 Å². The minimum atomic E-state index is -0.141. The maximum absolute atomic E-state index is 11.8. The van der Waals surface area contributed by atoms with E-state index >= 15 is 0 Å². The first-order valence-electron chi connectivity index (χ1n) is 6.08. The van der Waals surface area contributed by atoms with Crippen LogP contribution in [0.1, 0.15) is 23.2 Å². The van der Waals surface area contributed by atoms with Gasteiger partial charge in [0.2, 0.25) is 0 Å². The SMILES string of the molecule is CN(C)CCCCNC(=O)c1ccc(N)cc1N. The van der Waals surface area contributed by atoms with Gasteiger partial charge in [-0.3, -0.25) is 4.79 Å². The third-order valence-electron chi connectivity index (χ3n) is 2.64. The average molecular weight is 250 g/mol. The van der Waals surface area contributed by atoms with Gasteiger partial charge in [-0.1, -0.05) is 0 Å². The zero-order valence-electron chi connectivity index (χ0n) is 11.1. The fraction of sp³-hybridized carbons (Fsp3) is 0.462. The molecule has 0 heterocycles. The van der Waals surface area contributed by atoms with Crippen LogP contribution in [-0.4, -0.2) is 38.0 Å². The van der Waals surface area contributed by atoms with Gasteiger partial charge in [-0.2, -0.15) is 0 Å². The molecule has 1 amide bonds. The van der Waals surface area contributed by atoms with Crippen molar-refractivity contribution in [2.75, 3.05) is 38.7 Å². The molecule has 1 aromatic rings. The van der Waals surface area contributed by atoms with E-state index in [9.17, 15) is 4.79 Å². The molecule has 0 radical (unpaired) electrons. The van der Waals surface area contributed by atoms with Crippen molar-refractivity contribution in [2.24, 2.45) is 0 Å². The molecule has 1 rings (SSSR count). The highest BCUT2D eigenvalue weighted by Gasteiger charge is 2.08. The lowest BCUT2D eigenvalue weighted by Gasteiger charge is -2.10. The standard InChI is InChI=1S/C13H22N4O/c1-17(2)8-4-3-7-16-13(18)11-6-5-10(14)9-12(11)15/h5-6,9H,3-4,7-8,14-15H2,1-2H3,(H,16,18). The quantitative estimate of drug-likeness (QED) is 0.518. The molecular weight excluding hydrogens is 228 g/mol. The van der Waals surface area contributed by atoms with Gasteiger partial charge >= 0.3 is 0 Å². The Hall–Kier alpha value is -1.75. The number of carbonyl (C=O) groups excluding carboxylic acids is 1. The van der Waals surface area contributed by atoms with E-state index in [0.29, 0.717) is 23.5 Å². The Bertz CT molecular complexity index is 404. The molecule has 5 N–H and O–H groups in total. The summed E-state index contributed by atoms with van der Waals surface area (Å²) in [7, 11) is 4.07. The Morgan fingerprint density at radius 3 is 2.61 bits per heavy atom. The Labute approximate surface area is 108 Å². The Kier molecular flexibility index (Phi) is 5.45. The van der Waals surface area contributed by atoms with E-state index in [2.05, 4.69) is 10.2 Å². The number of rotatable bonds is 6. The molecule has 0 aliphatic carbocycles. The summed E-state index contributed by atoms with van der Waals surface area (Å²) in [6, 6.07) is 4.93. The molecule has 0 fully saturated rings. The van der Waals surface area contributed by atoms with Crippen molar-refractivity contribution in [1.29, 1.82) is 0 Å². The largest absolute Gasteiger partial charge is 0.399 e. The van der Waals surface area contributed by atoms with Gasteiger partial charge in [-0.05, 0) is 51.7 Å². The third-order valence-corrected chi connectivity index (χ3v) is 2.64. The Morgan fingerprint density at radius 2 is 2.00 bits per heavy atom. The van der Waals surface area contributed by atoms with E-state index in [4.69, 9.17) is 11.5 Å². The number of carbonyl (C=O) groups is 1. The van der Waals surface area contributed by atoms with Crippen LogP contribution >= 0.6 is 0 Å². The summed E-state index contributed by atoms with van der Waals surface area (Å²) in [5.41, 5.74) is 12.8. The Morgan fingerprint density at radius 1 is 1.28 bits per heavy atom. The van der Waals surface area contributed by atoms with Gasteiger partial charge in [0, 0.05) is 17.9 Å². The number of amides is 1. The molecule has 5 heteroatoms. The summed E-state index contributed by atoms with van der Waals surface area (Å²) in [5.74, 6) is -0.141. The van der Waals surface area contributed by atoms with Crippen molar-refractivity contribution in [3.8, 4) is 0 Å². The van der Waals surface area contributed by atoms with Gasteiger partial charge in [-0.25, -0.2) is 0 Å². The number of anilines is 2. The van der Waals surface area contributed by atoms with Crippen LogP contribution in [0.25, 0.3) is 0 Å². The summed E-state index contributed by atoms with van der Waals surface area (Å²) in [6.07, 6.45) is 2.02. The number of hydrogen-bond donors (Lipinski definition) is 3. The average Bonchev–Trinajstić information content (AvgIpc) is 2.27. The summed E-state index contributed by atoms with van der Waals surface area (Å²) < 4.78 is 0. The van der Waals surface area contributed by atoms with E-state index in [1.807, 2.05) is 14.1 Å². The molecule has 0 atom stereocenters. The smallest absolute Gasteiger partial charge is 0.253 e. The molecular formula is C13H22N4O. The molecule has 18 heavy (non-hydrogen) atoms. The fourth-order valence-electron chi connectivity index (χ4n) is 1.64. The van der Waals surface area contributed by atoms with Crippen LogP contribution in [0.5, 0.6) is 0 Å². The van der Waals surface area contributed by atoms with Crippen LogP contribution in [0.3, 0.4) is 0 Å². The molecule has 0 aromatic heterocycles. The van der Waals surface area contributed by atoms with Crippen molar-refractivity contribution < 1.29 is 4.79 Å². The number of benzene rings is 1. The molecule has 0 aliphatic rings. The highest BCUT2D eigenvalue weighted by atomic mass is 16.1. The number of nitrogens with zero attached hydrogens (tertiary/aromatic N) is 1. The monoisotopic (exact) mass is 250 g/mol. The van der Waals surface area contributed by atoms with Gasteiger partial charge in [0.05, 0.1) is 5.56 Å². The molecule has 0 unspecified atom stereocenters. The lowest BCUT2D eigenvalue weighted by molar-refractivity contribution is 0.0953. The van der Waals surface area contributed by atoms with Crippen molar-refractivity contribution in [3.05, 3.63) is 23.8 Å². The second-order valence-electron chi connectivity index (χ2n) is 4.61. The summed E-state index contributed by atoms with van der Waals surface area (Å²) in [4.78, 5) is 14.0. The van der Waals surface area contributed by atoms with Gasteiger partial charge in [0.1, 0.15) is 0 Å². The van der Waals surface area contributed by atoms with Crippen molar-refractivity contribution in [3.63, 3.8) is 0 Å². The summed E-state index contributed by atoms with van der Waals surface area (Å²) in [5, 5.41) is 2.85. The summed E-state index contributed by atoms with van der Waals surface area (Å²) in [6.45, 7) is 1.69. The predicted molar refractivity (Wildman–Crippen MR) is 75.4 cm³/mol. The van der Waals surface area contributed by atoms with Crippen molar-refractivity contribution >= 4 is 17.3 Å². The normalized spacial score (nSPS) is 10.6. The first-order chi connectivity index (χ1) is 8.50. The fourth-order valence-corrected chi connectivity index (χ4v) is 1.64. The zero-order valence-corrected chi connectivity index (χ0v) is 11.1. The number of nitrogen functional groups attached to an aromatic ring is 2. The first-order valence-corrected chi connectivity index (χ1v) is 6.08. The molecule has 0 spiro atoms. The number of nitrogens with two attached hydrogens (primary N) is 2. The third kappa shape index (κ3) is 4.63. The second-order valence-corrected chi connectivity index (χ2v) is 4.61. The number of unbranched alkanes of at least 4 members (excludes halogenated alkanes) is 1. The lowest BCUT2D eigenvalue weighted by Crippen LogP contribution is -2.26. The van der Waals surface area contributed by atoms with Crippen LogP contribution < -0.4 is 16.8 Å². The van der Waals surface area contributed by atoms with Gasteiger partial charge in [-0.15, -0.1) is 0 Å². The molecule has 100 valence electrons. The van der Waals surface area contributed by atoms with Gasteiger partial charge in [0.25, 0.3) is 5.91 Å². The van der Waals surface area contributed by atoms with Gasteiger partial charge < -0.3 is 21.7 Å². The van der Waals surface area contributed by atoms with Crippen LogP contribution in [0.2, 0.25) is 0 Å². The maximum atomic E-state index is 11.8. The highest BCUT2D eigenvalue weighted by molar-refractivity contribution is 5.99. The van der Waals surface area contributed by atoms with Crippen LogP contribution in [0, 0.1) is 0 Å². The zero-order chi connectivity index (χ0) is 13.5. The van der Waals surface area contributed by atoms with E-state index in [1.165, 1.54) is 0 Å². The highest BCUT2D eigenvalue weighted by Crippen LogP contribution is 2.15. The van der Waals surface area contributed by atoms with E-state index in [-0.39, 0.29) is 5.91 Å². The molecule has 1 aromatic carbocycles. The minimum absolute atomic E-state index is 0.141. The van der Waals surface area contributed by atoms with Crippen LogP contribution in [0.15, 0.2) is 18.2 Å². The minimum Gasteiger partial charge on any atom is -0.399 e. The molecule has 0 saturated carbocycles. The second kappa shape index (κ2) is 6.86. The molecule has 5 nitrogen and oxygen atoms in total. The first kappa shape index (κ1) is 14.3. The van der Waals surface area contributed by atoms with Crippen molar-refractivity contribution in [1.82, 2.24) is 10.2 Å². The van der Waals surface area contributed by atoms with E-state index in [0.717, 1.165) is 19.4 Å². The van der Waals surface area contributed by atoms with Gasteiger partial charge in [0.15, 0.2) is 0 Å². The number of hydrogen-bond acceptors (Lipinski definition) is 4. The van der Waals surface area contributed by atoms with E-state index in [1.54, 1.807) is 18.2 Å². The lowest BCUT2D eigenvalue weighted by atomic mass is 10.1.